The highest BCUT2D eigenvalue weighted by molar-refractivity contribution is 5.77. The second kappa shape index (κ2) is 17.1. The summed E-state index contributed by atoms with van der Waals surface area (Å²) in [6.07, 6.45) is 19.1. The van der Waals surface area contributed by atoms with E-state index in [4.69, 9.17) is 10.2 Å². The van der Waals surface area contributed by atoms with Crippen molar-refractivity contribution in [3.05, 3.63) is 12.2 Å². The minimum atomic E-state index is -1.03. The summed E-state index contributed by atoms with van der Waals surface area (Å²) < 4.78 is 0. The molecule has 0 radical (unpaired) electrons. The zero-order valence-corrected chi connectivity index (χ0v) is 16.9. The van der Waals surface area contributed by atoms with Crippen molar-refractivity contribution in [2.75, 3.05) is 0 Å². The van der Waals surface area contributed by atoms with Gasteiger partial charge in [0.2, 0.25) is 0 Å². The standard InChI is InChI=1S/C22H40O4/c1-19(2)16-14-12-10-8-6-4-3-5-7-9-11-13-15-17-20(22(25)26)18-21(23)24/h4,6,19-20H,3,5,7-18H2,1-2H3,(H,23,24)(H,25,26). The molecule has 4 nitrogen and oxygen atoms in total. The summed E-state index contributed by atoms with van der Waals surface area (Å²) in [6.45, 7) is 4.57. The van der Waals surface area contributed by atoms with E-state index in [9.17, 15) is 9.59 Å². The molecule has 0 fully saturated rings. The van der Waals surface area contributed by atoms with Gasteiger partial charge in [0.1, 0.15) is 0 Å². The van der Waals surface area contributed by atoms with Gasteiger partial charge in [-0.3, -0.25) is 9.59 Å². The van der Waals surface area contributed by atoms with Crippen molar-refractivity contribution in [2.45, 2.75) is 104 Å². The van der Waals surface area contributed by atoms with E-state index in [1.54, 1.807) is 0 Å². The van der Waals surface area contributed by atoms with Gasteiger partial charge in [-0.1, -0.05) is 77.4 Å². The number of carboxylic acid groups (broad SMARTS) is 2. The summed E-state index contributed by atoms with van der Waals surface area (Å²) in [6, 6.07) is 0. The molecular weight excluding hydrogens is 328 g/mol. The Labute approximate surface area is 160 Å². The lowest BCUT2D eigenvalue weighted by Crippen LogP contribution is -2.17. The molecule has 0 heterocycles. The van der Waals surface area contributed by atoms with E-state index < -0.39 is 17.9 Å². The summed E-state index contributed by atoms with van der Waals surface area (Å²) in [5.41, 5.74) is 0. The fraction of sp³-hybridized carbons (Fsp3) is 0.818. The molecule has 0 saturated carbocycles. The number of carbonyl (C=O) groups is 2. The Morgan fingerprint density at radius 2 is 1.19 bits per heavy atom. The summed E-state index contributed by atoms with van der Waals surface area (Å²) in [5, 5.41) is 17.7. The molecule has 0 saturated heterocycles. The number of unbranched alkanes of at least 4 members (excludes halogenated alkanes) is 9. The van der Waals surface area contributed by atoms with Crippen molar-refractivity contribution in [3.8, 4) is 0 Å². The van der Waals surface area contributed by atoms with Crippen LogP contribution in [0, 0.1) is 11.8 Å². The normalized spacial score (nSPS) is 12.7. The third-order valence-corrected chi connectivity index (χ3v) is 4.76. The van der Waals surface area contributed by atoms with Crippen molar-refractivity contribution < 1.29 is 19.8 Å². The Hall–Kier alpha value is -1.32. The first-order chi connectivity index (χ1) is 12.4. The van der Waals surface area contributed by atoms with Gasteiger partial charge in [-0.15, -0.1) is 0 Å². The van der Waals surface area contributed by atoms with Crippen molar-refractivity contribution >= 4 is 11.9 Å². The molecule has 0 aromatic carbocycles. The van der Waals surface area contributed by atoms with E-state index in [2.05, 4.69) is 26.0 Å². The number of hydrogen-bond donors (Lipinski definition) is 2. The molecule has 152 valence electrons. The Morgan fingerprint density at radius 1 is 0.731 bits per heavy atom. The van der Waals surface area contributed by atoms with Gasteiger partial charge >= 0.3 is 11.9 Å². The van der Waals surface area contributed by atoms with Crippen LogP contribution in [0.3, 0.4) is 0 Å². The molecule has 0 amide bonds. The quantitative estimate of drug-likeness (QED) is 0.215. The van der Waals surface area contributed by atoms with Gasteiger partial charge in [0, 0.05) is 0 Å². The van der Waals surface area contributed by atoms with Gasteiger partial charge in [0.25, 0.3) is 0 Å². The summed E-state index contributed by atoms with van der Waals surface area (Å²) in [5.74, 6) is -1.92. The van der Waals surface area contributed by atoms with E-state index in [1.807, 2.05) is 0 Å². The minimum Gasteiger partial charge on any atom is -0.481 e. The van der Waals surface area contributed by atoms with Crippen LogP contribution in [0.1, 0.15) is 104 Å². The van der Waals surface area contributed by atoms with Crippen LogP contribution in [0.2, 0.25) is 0 Å². The van der Waals surface area contributed by atoms with Crippen LogP contribution in [0.25, 0.3) is 0 Å². The number of allylic oxidation sites excluding steroid dienone is 2. The molecule has 1 unspecified atom stereocenters. The first-order valence-corrected chi connectivity index (χ1v) is 10.5. The Kier molecular flexibility index (Phi) is 16.2. The first-order valence-electron chi connectivity index (χ1n) is 10.5. The maximum Gasteiger partial charge on any atom is 0.307 e. The van der Waals surface area contributed by atoms with Gasteiger partial charge in [0.15, 0.2) is 0 Å². The Bertz CT molecular complexity index is 388. The van der Waals surface area contributed by atoms with Crippen LogP contribution >= 0.6 is 0 Å². The third-order valence-electron chi connectivity index (χ3n) is 4.76. The minimum absolute atomic E-state index is 0.264. The fourth-order valence-electron chi connectivity index (χ4n) is 3.11. The van der Waals surface area contributed by atoms with E-state index in [1.165, 1.54) is 51.4 Å². The van der Waals surface area contributed by atoms with E-state index >= 15 is 0 Å². The molecule has 0 aliphatic rings. The SMILES string of the molecule is CC(C)CCCCCC=CCCCCCCCCC(CC(=O)O)C(=O)O. The summed E-state index contributed by atoms with van der Waals surface area (Å²) in [4.78, 5) is 21.6. The van der Waals surface area contributed by atoms with E-state index in [0.29, 0.717) is 6.42 Å². The van der Waals surface area contributed by atoms with E-state index in [0.717, 1.165) is 31.6 Å². The molecule has 0 aliphatic heterocycles. The molecule has 0 rings (SSSR count). The lowest BCUT2D eigenvalue weighted by atomic mass is 9.97. The van der Waals surface area contributed by atoms with Crippen LogP contribution in [-0.4, -0.2) is 22.2 Å². The van der Waals surface area contributed by atoms with E-state index in [-0.39, 0.29) is 6.42 Å². The molecule has 0 aliphatic carbocycles. The molecule has 0 aromatic heterocycles. The highest BCUT2D eigenvalue weighted by Crippen LogP contribution is 2.16. The molecule has 4 heteroatoms. The molecule has 1 atom stereocenters. The summed E-state index contributed by atoms with van der Waals surface area (Å²) >= 11 is 0. The van der Waals surface area contributed by atoms with Gasteiger partial charge in [-0.05, 0) is 38.0 Å². The van der Waals surface area contributed by atoms with Crippen LogP contribution in [0.4, 0.5) is 0 Å². The number of rotatable bonds is 18. The largest absolute Gasteiger partial charge is 0.481 e. The third kappa shape index (κ3) is 17.5. The van der Waals surface area contributed by atoms with Gasteiger partial charge in [-0.25, -0.2) is 0 Å². The molecule has 0 spiro atoms. The predicted molar refractivity (Wildman–Crippen MR) is 107 cm³/mol. The van der Waals surface area contributed by atoms with Crippen LogP contribution in [0.15, 0.2) is 12.2 Å². The van der Waals surface area contributed by atoms with Gasteiger partial charge in [-0.2, -0.15) is 0 Å². The maximum atomic E-state index is 11.0. The van der Waals surface area contributed by atoms with Crippen LogP contribution in [-0.2, 0) is 9.59 Å². The highest BCUT2D eigenvalue weighted by atomic mass is 16.4. The highest BCUT2D eigenvalue weighted by Gasteiger charge is 2.20. The van der Waals surface area contributed by atoms with Gasteiger partial charge < -0.3 is 10.2 Å². The number of carboxylic acids is 2. The van der Waals surface area contributed by atoms with Crippen molar-refractivity contribution in [2.24, 2.45) is 11.8 Å². The number of aliphatic carboxylic acids is 2. The monoisotopic (exact) mass is 368 g/mol. The lowest BCUT2D eigenvalue weighted by molar-refractivity contribution is -0.148. The molecule has 0 aromatic rings. The predicted octanol–water partition coefficient (Wildman–Crippen LogP) is 6.45. The lowest BCUT2D eigenvalue weighted by Gasteiger charge is -2.09. The second-order valence-electron chi connectivity index (χ2n) is 7.83. The van der Waals surface area contributed by atoms with Crippen molar-refractivity contribution in [1.82, 2.24) is 0 Å². The Morgan fingerprint density at radius 3 is 1.69 bits per heavy atom. The molecule has 2 N–H and O–H groups in total. The van der Waals surface area contributed by atoms with Crippen LogP contribution < -0.4 is 0 Å². The first kappa shape index (κ1) is 24.7. The van der Waals surface area contributed by atoms with Crippen molar-refractivity contribution in [3.63, 3.8) is 0 Å². The molecule has 0 bridgehead atoms. The van der Waals surface area contributed by atoms with Crippen molar-refractivity contribution in [1.29, 1.82) is 0 Å². The number of hydrogen-bond acceptors (Lipinski definition) is 2. The van der Waals surface area contributed by atoms with Crippen LogP contribution in [0.5, 0.6) is 0 Å². The molecule has 26 heavy (non-hydrogen) atoms. The smallest absolute Gasteiger partial charge is 0.307 e. The topological polar surface area (TPSA) is 74.6 Å². The second-order valence-corrected chi connectivity index (χ2v) is 7.83. The fourth-order valence-corrected chi connectivity index (χ4v) is 3.11. The Balaban J connectivity index is 3.39. The van der Waals surface area contributed by atoms with Gasteiger partial charge in [0.05, 0.1) is 12.3 Å². The zero-order chi connectivity index (χ0) is 19.6. The summed E-state index contributed by atoms with van der Waals surface area (Å²) in [7, 11) is 0. The average Bonchev–Trinajstić information content (AvgIpc) is 2.56. The average molecular weight is 369 g/mol. The molecular formula is C22H40O4. The zero-order valence-electron chi connectivity index (χ0n) is 16.9. The maximum absolute atomic E-state index is 11.0.